The number of benzene rings is 3. The molecule has 0 fully saturated rings. The minimum absolute atomic E-state index is 0.148. The van der Waals surface area contributed by atoms with Crippen LogP contribution in [0.3, 0.4) is 0 Å². The highest BCUT2D eigenvalue weighted by atomic mass is 35.5. The van der Waals surface area contributed by atoms with E-state index < -0.39 is 12.1 Å². The third-order valence-electron chi connectivity index (χ3n) is 5.52. The second kappa shape index (κ2) is 7.17. The first-order chi connectivity index (χ1) is 14.8. The summed E-state index contributed by atoms with van der Waals surface area (Å²) >= 11 is 6.06. The maximum atomic E-state index is 14.2. The summed E-state index contributed by atoms with van der Waals surface area (Å²) in [5.41, 5.74) is 3.64. The SMILES string of the molecule is Cc1ccc(-n2ncc3cc(C(c4c[nH]c5ccc(Cl)cc45)C(F)(F)F)ccc32)cc1. The molecule has 156 valence electrons. The minimum Gasteiger partial charge on any atom is -0.361 e. The highest BCUT2D eigenvalue weighted by Gasteiger charge is 2.43. The number of halogens is 4. The van der Waals surface area contributed by atoms with Crippen LogP contribution < -0.4 is 0 Å². The quantitative estimate of drug-likeness (QED) is 0.318. The number of aromatic amines is 1. The second-order valence-corrected chi connectivity index (χ2v) is 8.06. The molecule has 2 aromatic heterocycles. The van der Waals surface area contributed by atoms with Crippen LogP contribution in [-0.2, 0) is 0 Å². The first-order valence-electron chi connectivity index (χ1n) is 9.69. The summed E-state index contributed by atoms with van der Waals surface area (Å²) in [6.07, 6.45) is -1.46. The standard InChI is InChI=1S/C24H17ClF3N3/c1-14-2-6-18(7-3-14)31-22-9-4-15(10-16(22)12-30-31)23(24(26,27)28)20-13-29-21-8-5-17(25)11-19(20)21/h2-13,23,29H,1H3. The van der Waals surface area contributed by atoms with E-state index in [1.165, 1.54) is 12.3 Å². The van der Waals surface area contributed by atoms with Crippen molar-refractivity contribution >= 4 is 33.4 Å². The molecule has 0 radical (unpaired) electrons. The average Bonchev–Trinajstić information content (AvgIpc) is 3.32. The van der Waals surface area contributed by atoms with Gasteiger partial charge in [-0.15, -0.1) is 0 Å². The van der Waals surface area contributed by atoms with E-state index in [1.54, 1.807) is 41.2 Å². The first kappa shape index (κ1) is 19.7. The van der Waals surface area contributed by atoms with Crippen LogP contribution in [0.2, 0.25) is 5.02 Å². The molecule has 7 heteroatoms. The summed E-state index contributed by atoms with van der Waals surface area (Å²) < 4.78 is 44.4. The molecular formula is C24H17ClF3N3. The number of nitrogens with zero attached hydrogens (tertiary/aromatic N) is 2. The molecule has 5 rings (SSSR count). The molecular weight excluding hydrogens is 423 g/mol. The molecule has 1 unspecified atom stereocenters. The van der Waals surface area contributed by atoms with Gasteiger partial charge in [-0.2, -0.15) is 18.3 Å². The number of fused-ring (bicyclic) bond motifs is 2. The Morgan fingerprint density at radius 3 is 2.52 bits per heavy atom. The summed E-state index contributed by atoms with van der Waals surface area (Å²) in [5, 5.41) is 5.89. The van der Waals surface area contributed by atoms with Crippen molar-refractivity contribution in [3.8, 4) is 5.69 Å². The van der Waals surface area contributed by atoms with Crippen LogP contribution in [0.5, 0.6) is 0 Å². The Labute approximate surface area is 181 Å². The molecule has 3 aromatic carbocycles. The third kappa shape index (κ3) is 3.47. The summed E-state index contributed by atoms with van der Waals surface area (Å²) in [7, 11) is 0. The summed E-state index contributed by atoms with van der Waals surface area (Å²) in [5.74, 6) is -1.79. The molecule has 2 heterocycles. The zero-order valence-electron chi connectivity index (χ0n) is 16.4. The van der Waals surface area contributed by atoms with Crippen molar-refractivity contribution in [2.75, 3.05) is 0 Å². The monoisotopic (exact) mass is 439 g/mol. The van der Waals surface area contributed by atoms with Crippen molar-refractivity contribution in [3.05, 3.63) is 94.8 Å². The van der Waals surface area contributed by atoms with Crippen molar-refractivity contribution in [1.29, 1.82) is 0 Å². The van der Waals surface area contributed by atoms with Crippen molar-refractivity contribution in [3.63, 3.8) is 0 Å². The average molecular weight is 440 g/mol. The van der Waals surface area contributed by atoms with Gasteiger partial charge < -0.3 is 4.98 Å². The van der Waals surface area contributed by atoms with Crippen LogP contribution in [0.1, 0.15) is 22.6 Å². The van der Waals surface area contributed by atoms with E-state index in [-0.39, 0.29) is 11.1 Å². The van der Waals surface area contributed by atoms with Gasteiger partial charge in [0.25, 0.3) is 0 Å². The van der Waals surface area contributed by atoms with E-state index in [0.717, 1.165) is 16.8 Å². The van der Waals surface area contributed by atoms with Gasteiger partial charge in [0.1, 0.15) is 5.92 Å². The summed E-state index contributed by atoms with van der Waals surface area (Å²) in [6, 6.07) is 17.5. The Bertz CT molecular complexity index is 1400. The van der Waals surface area contributed by atoms with Gasteiger partial charge in [0.05, 0.1) is 17.4 Å². The zero-order chi connectivity index (χ0) is 21.8. The summed E-state index contributed by atoms with van der Waals surface area (Å²) in [4.78, 5) is 2.93. The van der Waals surface area contributed by atoms with Gasteiger partial charge in [-0.25, -0.2) is 4.68 Å². The molecule has 1 N–H and O–H groups in total. The van der Waals surface area contributed by atoms with Gasteiger partial charge >= 0.3 is 6.18 Å². The van der Waals surface area contributed by atoms with E-state index in [0.29, 0.717) is 21.3 Å². The largest absolute Gasteiger partial charge is 0.399 e. The van der Waals surface area contributed by atoms with Crippen molar-refractivity contribution in [1.82, 2.24) is 14.8 Å². The van der Waals surface area contributed by atoms with Crippen molar-refractivity contribution in [2.24, 2.45) is 0 Å². The predicted molar refractivity (Wildman–Crippen MR) is 117 cm³/mol. The number of H-pyrrole nitrogens is 1. The maximum Gasteiger partial charge on any atom is 0.399 e. The molecule has 0 aliphatic rings. The van der Waals surface area contributed by atoms with Gasteiger partial charge in [0.15, 0.2) is 0 Å². The highest BCUT2D eigenvalue weighted by molar-refractivity contribution is 6.31. The Kier molecular flexibility index (Phi) is 4.55. The second-order valence-electron chi connectivity index (χ2n) is 7.62. The number of aryl methyl sites for hydroxylation is 1. The Morgan fingerprint density at radius 2 is 1.77 bits per heavy atom. The molecule has 0 amide bonds. The van der Waals surface area contributed by atoms with Gasteiger partial charge in [-0.3, -0.25) is 0 Å². The van der Waals surface area contributed by atoms with E-state index in [1.807, 2.05) is 31.2 Å². The zero-order valence-corrected chi connectivity index (χ0v) is 17.2. The molecule has 5 aromatic rings. The van der Waals surface area contributed by atoms with E-state index in [4.69, 9.17) is 11.6 Å². The summed E-state index contributed by atoms with van der Waals surface area (Å²) in [6.45, 7) is 1.99. The number of alkyl halides is 3. The molecule has 0 saturated carbocycles. The number of hydrogen-bond acceptors (Lipinski definition) is 1. The van der Waals surface area contributed by atoms with Crippen LogP contribution >= 0.6 is 11.6 Å². The Hall–Kier alpha value is -3.25. The number of hydrogen-bond donors (Lipinski definition) is 1. The number of nitrogens with one attached hydrogen (secondary N) is 1. The lowest BCUT2D eigenvalue weighted by Crippen LogP contribution is -2.21. The lowest BCUT2D eigenvalue weighted by Gasteiger charge is -2.21. The molecule has 0 saturated heterocycles. The fourth-order valence-electron chi connectivity index (χ4n) is 4.02. The van der Waals surface area contributed by atoms with Crippen LogP contribution in [0.15, 0.2) is 73.1 Å². The van der Waals surface area contributed by atoms with E-state index in [2.05, 4.69) is 10.1 Å². The number of rotatable bonds is 3. The fraction of sp³-hybridized carbons (Fsp3) is 0.125. The Balaban J connectivity index is 1.64. The number of aromatic nitrogens is 3. The smallest absolute Gasteiger partial charge is 0.361 e. The van der Waals surface area contributed by atoms with Crippen LogP contribution in [0.4, 0.5) is 13.2 Å². The van der Waals surface area contributed by atoms with E-state index >= 15 is 0 Å². The Morgan fingerprint density at radius 1 is 1.00 bits per heavy atom. The molecule has 0 spiro atoms. The molecule has 0 aliphatic carbocycles. The molecule has 1 atom stereocenters. The van der Waals surface area contributed by atoms with E-state index in [9.17, 15) is 13.2 Å². The first-order valence-corrected chi connectivity index (χ1v) is 10.1. The van der Waals surface area contributed by atoms with Crippen molar-refractivity contribution in [2.45, 2.75) is 19.0 Å². The fourth-order valence-corrected chi connectivity index (χ4v) is 4.19. The lowest BCUT2D eigenvalue weighted by atomic mass is 9.90. The molecule has 0 bridgehead atoms. The van der Waals surface area contributed by atoms with Crippen LogP contribution in [-0.4, -0.2) is 20.9 Å². The van der Waals surface area contributed by atoms with Crippen LogP contribution in [0.25, 0.3) is 27.5 Å². The van der Waals surface area contributed by atoms with Gasteiger partial charge in [0, 0.05) is 27.5 Å². The topological polar surface area (TPSA) is 33.6 Å². The maximum absolute atomic E-state index is 14.2. The minimum atomic E-state index is -4.47. The van der Waals surface area contributed by atoms with Gasteiger partial charge in [-0.05, 0) is 60.5 Å². The highest BCUT2D eigenvalue weighted by Crippen LogP contribution is 2.43. The predicted octanol–water partition coefficient (Wildman–Crippen LogP) is 7.16. The van der Waals surface area contributed by atoms with Gasteiger partial charge in [0.2, 0.25) is 0 Å². The van der Waals surface area contributed by atoms with Crippen molar-refractivity contribution < 1.29 is 13.2 Å². The van der Waals surface area contributed by atoms with Gasteiger partial charge in [-0.1, -0.05) is 35.4 Å². The molecule has 0 aliphatic heterocycles. The normalized spacial score (nSPS) is 13.2. The molecule has 31 heavy (non-hydrogen) atoms. The third-order valence-corrected chi connectivity index (χ3v) is 5.75. The molecule has 3 nitrogen and oxygen atoms in total. The lowest BCUT2D eigenvalue weighted by molar-refractivity contribution is -0.140. The van der Waals surface area contributed by atoms with Crippen LogP contribution in [0, 0.1) is 6.92 Å².